The van der Waals surface area contributed by atoms with E-state index in [-0.39, 0.29) is 0 Å². The predicted octanol–water partition coefficient (Wildman–Crippen LogP) is 3.95. The fourth-order valence-electron chi connectivity index (χ4n) is 1.59. The Morgan fingerprint density at radius 3 is 2.94 bits per heavy atom. The van der Waals surface area contributed by atoms with E-state index in [0.717, 1.165) is 18.1 Å². The molecule has 1 heterocycles. The van der Waals surface area contributed by atoms with Gasteiger partial charge >= 0.3 is 0 Å². The van der Waals surface area contributed by atoms with Crippen molar-refractivity contribution in [3.8, 4) is 0 Å². The number of nitrogens with one attached hydrogen (secondary N) is 1. The molecule has 16 heavy (non-hydrogen) atoms. The van der Waals surface area contributed by atoms with Gasteiger partial charge < -0.3 is 5.32 Å². The first-order valence-electron chi connectivity index (χ1n) is 5.71. The van der Waals surface area contributed by atoms with Gasteiger partial charge in [0.05, 0.1) is 0 Å². The highest BCUT2D eigenvalue weighted by Gasteiger charge is 2.15. The fourth-order valence-corrected chi connectivity index (χ4v) is 3.16. The lowest BCUT2D eigenvalue weighted by molar-refractivity contribution is 0.429. The van der Waals surface area contributed by atoms with Crippen molar-refractivity contribution in [2.75, 3.05) is 18.1 Å². The van der Waals surface area contributed by atoms with Gasteiger partial charge in [-0.1, -0.05) is 26.0 Å². The molecule has 0 saturated heterocycles. The molecule has 1 N–H and O–H groups in total. The van der Waals surface area contributed by atoms with Crippen LogP contribution >= 0.6 is 23.1 Å². The molecule has 0 amide bonds. The summed E-state index contributed by atoms with van der Waals surface area (Å²) in [7, 11) is 0. The van der Waals surface area contributed by atoms with E-state index in [2.05, 4.69) is 43.3 Å². The fraction of sp³-hybridized carbons (Fsp3) is 0.538. The number of thiophene rings is 1. The van der Waals surface area contributed by atoms with Gasteiger partial charge in [0, 0.05) is 29.0 Å². The molecule has 0 spiro atoms. The minimum atomic E-state index is 0.504. The highest BCUT2D eigenvalue weighted by molar-refractivity contribution is 7.99. The minimum absolute atomic E-state index is 0.504. The number of rotatable bonds is 8. The zero-order valence-corrected chi connectivity index (χ0v) is 11.7. The van der Waals surface area contributed by atoms with E-state index in [0.29, 0.717) is 12.0 Å². The second kappa shape index (κ2) is 7.93. The molecule has 1 atom stereocenters. The molecule has 0 fully saturated rings. The Bertz CT molecular complexity index is 280. The maximum atomic E-state index is 3.72. The summed E-state index contributed by atoms with van der Waals surface area (Å²) in [4.78, 5) is 1.45. The van der Waals surface area contributed by atoms with Crippen LogP contribution in [0.5, 0.6) is 0 Å². The molecule has 0 bridgehead atoms. The van der Waals surface area contributed by atoms with Gasteiger partial charge in [0.15, 0.2) is 0 Å². The van der Waals surface area contributed by atoms with Crippen molar-refractivity contribution in [1.82, 2.24) is 5.32 Å². The maximum Gasteiger partial charge on any atom is 0.0438 e. The lowest BCUT2D eigenvalue weighted by atomic mass is 10.0. The topological polar surface area (TPSA) is 12.0 Å². The first-order chi connectivity index (χ1) is 7.75. The van der Waals surface area contributed by atoms with Crippen LogP contribution in [0, 0.1) is 5.92 Å². The molecule has 0 radical (unpaired) electrons. The quantitative estimate of drug-likeness (QED) is 0.557. The van der Waals surface area contributed by atoms with Crippen LogP contribution in [0.2, 0.25) is 0 Å². The Morgan fingerprint density at radius 1 is 1.56 bits per heavy atom. The van der Waals surface area contributed by atoms with Crippen LogP contribution in [-0.4, -0.2) is 18.1 Å². The highest BCUT2D eigenvalue weighted by Crippen LogP contribution is 2.25. The summed E-state index contributed by atoms with van der Waals surface area (Å²) in [5.74, 6) is 2.84. The van der Waals surface area contributed by atoms with Gasteiger partial charge in [-0.25, -0.2) is 0 Å². The third-order valence-corrected chi connectivity index (χ3v) is 4.28. The third kappa shape index (κ3) is 4.73. The van der Waals surface area contributed by atoms with E-state index in [1.165, 1.54) is 4.88 Å². The van der Waals surface area contributed by atoms with Crippen LogP contribution in [0.4, 0.5) is 0 Å². The van der Waals surface area contributed by atoms with Crippen LogP contribution in [0.15, 0.2) is 30.2 Å². The van der Waals surface area contributed by atoms with Crippen LogP contribution < -0.4 is 5.32 Å². The molecule has 0 aliphatic heterocycles. The summed E-state index contributed by atoms with van der Waals surface area (Å²) >= 11 is 3.77. The molecule has 0 aliphatic carbocycles. The summed E-state index contributed by atoms with van der Waals surface area (Å²) in [5, 5.41) is 5.79. The molecular weight excluding hydrogens is 234 g/mol. The van der Waals surface area contributed by atoms with Crippen molar-refractivity contribution in [2.24, 2.45) is 5.92 Å². The minimum Gasteiger partial charge on any atom is -0.308 e. The van der Waals surface area contributed by atoms with E-state index in [9.17, 15) is 0 Å². The van der Waals surface area contributed by atoms with Gasteiger partial charge in [-0.3, -0.25) is 0 Å². The van der Waals surface area contributed by atoms with E-state index in [4.69, 9.17) is 0 Å². The van der Waals surface area contributed by atoms with Gasteiger partial charge in [0.25, 0.3) is 0 Å². The second-order valence-electron chi connectivity index (χ2n) is 4.05. The highest BCUT2D eigenvalue weighted by atomic mass is 32.2. The molecular formula is C13H21NS2. The van der Waals surface area contributed by atoms with Crippen LogP contribution in [0.25, 0.3) is 0 Å². The van der Waals surface area contributed by atoms with Gasteiger partial charge in [-0.2, -0.15) is 11.8 Å². The van der Waals surface area contributed by atoms with Crippen LogP contribution in [0.1, 0.15) is 24.8 Å². The van der Waals surface area contributed by atoms with Crippen molar-refractivity contribution >= 4 is 23.1 Å². The standard InChI is InChI=1S/C13H21NS2/c1-4-8-15-10-7-14-13(11(2)3)12-6-5-9-16-12/h4-6,9,11,13-14H,1,7-8,10H2,2-3H3. The summed E-state index contributed by atoms with van der Waals surface area (Å²) in [5.41, 5.74) is 0. The Morgan fingerprint density at radius 2 is 2.38 bits per heavy atom. The summed E-state index contributed by atoms with van der Waals surface area (Å²) < 4.78 is 0. The lowest BCUT2D eigenvalue weighted by Gasteiger charge is -2.21. The lowest BCUT2D eigenvalue weighted by Crippen LogP contribution is -2.27. The zero-order valence-electron chi connectivity index (χ0n) is 10.1. The molecule has 1 unspecified atom stereocenters. The van der Waals surface area contributed by atoms with E-state index >= 15 is 0 Å². The SMILES string of the molecule is C=CCSCCNC(c1cccs1)C(C)C. The largest absolute Gasteiger partial charge is 0.308 e. The predicted molar refractivity (Wildman–Crippen MR) is 77.4 cm³/mol. The Balaban J connectivity index is 2.32. The van der Waals surface area contributed by atoms with Crippen LogP contribution in [0.3, 0.4) is 0 Å². The van der Waals surface area contributed by atoms with E-state index < -0.39 is 0 Å². The third-order valence-electron chi connectivity index (χ3n) is 2.36. The normalized spacial score (nSPS) is 12.9. The van der Waals surface area contributed by atoms with Crippen molar-refractivity contribution < 1.29 is 0 Å². The van der Waals surface area contributed by atoms with Gasteiger partial charge in [-0.15, -0.1) is 17.9 Å². The first kappa shape index (κ1) is 13.8. The molecule has 1 aromatic rings. The molecule has 1 aromatic heterocycles. The van der Waals surface area contributed by atoms with Gasteiger partial charge in [0.1, 0.15) is 0 Å². The Labute approximate surface area is 107 Å². The zero-order chi connectivity index (χ0) is 11.8. The van der Waals surface area contributed by atoms with E-state index in [1.54, 1.807) is 0 Å². The number of thioether (sulfide) groups is 1. The Kier molecular flexibility index (Phi) is 6.85. The maximum absolute atomic E-state index is 3.72. The molecule has 1 rings (SSSR count). The van der Waals surface area contributed by atoms with Crippen molar-refractivity contribution in [2.45, 2.75) is 19.9 Å². The average molecular weight is 255 g/mol. The summed E-state index contributed by atoms with van der Waals surface area (Å²) in [6, 6.07) is 4.85. The number of hydrogen-bond donors (Lipinski definition) is 1. The summed E-state index contributed by atoms with van der Waals surface area (Å²) in [6.45, 7) is 9.34. The van der Waals surface area contributed by atoms with Crippen molar-refractivity contribution in [1.29, 1.82) is 0 Å². The molecule has 90 valence electrons. The number of hydrogen-bond acceptors (Lipinski definition) is 3. The van der Waals surface area contributed by atoms with E-state index in [1.807, 2.05) is 29.2 Å². The van der Waals surface area contributed by atoms with Gasteiger partial charge in [0.2, 0.25) is 0 Å². The van der Waals surface area contributed by atoms with Crippen LogP contribution in [-0.2, 0) is 0 Å². The summed E-state index contributed by atoms with van der Waals surface area (Å²) in [6.07, 6.45) is 1.96. The molecule has 3 heteroatoms. The van der Waals surface area contributed by atoms with Gasteiger partial charge in [-0.05, 0) is 17.4 Å². The van der Waals surface area contributed by atoms with Crippen molar-refractivity contribution in [3.63, 3.8) is 0 Å². The first-order valence-corrected chi connectivity index (χ1v) is 7.74. The molecule has 0 saturated carbocycles. The smallest absolute Gasteiger partial charge is 0.0438 e. The molecule has 0 aromatic carbocycles. The van der Waals surface area contributed by atoms with Crippen molar-refractivity contribution in [3.05, 3.63) is 35.0 Å². The molecule has 0 aliphatic rings. The monoisotopic (exact) mass is 255 g/mol. The molecule has 1 nitrogen and oxygen atoms in total. The second-order valence-corrected chi connectivity index (χ2v) is 6.18. The average Bonchev–Trinajstić information content (AvgIpc) is 2.76. The Hall–Kier alpha value is -0.250.